The minimum absolute atomic E-state index is 0.00183. The Morgan fingerprint density at radius 1 is 1.21 bits per heavy atom. The first kappa shape index (κ1) is 21.4. The Morgan fingerprint density at radius 2 is 1.86 bits per heavy atom. The van der Waals surface area contributed by atoms with Gasteiger partial charge in [0.2, 0.25) is 0 Å². The van der Waals surface area contributed by atoms with E-state index in [1.165, 1.54) is 0 Å². The Labute approximate surface area is 176 Å². The summed E-state index contributed by atoms with van der Waals surface area (Å²) in [6.07, 6.45) is 1.63. The second-order valence-electron chi connectivity index (χ2n) is 9.48. The van der Waals surface area contributed by atoms with E-state index in [0.717, 1.165) is 34.8 Å². The van der Waals surface area contributed by atoms with Crippen molar-refractivity contribution in [2.45, 2.75) is 59.0 Å². The summed E-state index contributed by atoms with van der Waals surface area (Å²) >= 11 is 1.57. The highest BCUT2D eigenvalue weighted by Crippen LogP contribution is 2.43. The molecule has 0 spiro atoms. The molecule has 3 rings (SSSR count). The Morgan fingerprint density at radius 3 is 2.45 bits per heavy atom. The Bertz CT molecular complexity index is 880. The number of aliphatic carboxylic acids is 1. The molecule has 7 heteroatoms. The maximum atomic E-state index is 12.3. The number of hydrogen-bond acceptors (Lipinski definition) is 5. The lowest BCUT2D eigenvalue weighted by Crippen LogP contribution is -2.44. The number of nitrogens with zero attached hydrogens (tertiary/aromatic N) is 1. The van der Waals surface area contributed by atoms with Gasteiger partial charge in [-0.1, -0.05) is 13.8 Å². The highest BCUT2D eigenvalue weighted by atomic mass is 32.2. The molecule has 1 aromatic rings. The first-order valence-corrected chi connectivity index (χ1v) is 10.8. The summed E-state index contributed by atoms with van der Waals surface area (Å²) in [5.41, 5.74) is 3.06. The highest BCUT2D eigenvalue weighted by Gasteiger charge is 2.36. The van der Waals surface area contributed by atoms with Gasteiger partial charge < -0.3 is 15.7 Å². The molecule has 6 nitrogen and oxygen atoms in total. The fourth-order valence-electron chi connectivity index (χ4n) is 3.51. The van der Waals surface area contributed by atoms with Crippen LogP contribution in [0.3, 0.4) is 0 Å². The fourth-order valence-corrected chi connectivity index (χ4v) is 4.66. The molecule has 0 bridgehead atoms. The number of rotatable bonds is 3. The van der Waals surface area contributed by atoms with Crippen LogP contribution in [0.4, 0.5) is 5.69 Å². The third-order valence-corrected chi connectivity index (χ3v) is 6.03. The molecule has 1 aliphatic carbocycles. The molecule has 1 atom stereocenters. The first-order valence-electron chi connectivity index (χ1n) is 9.79. The number of carboxylic acid groups (broad SMARTS) is 1. The van der Waals surface area contributed by atoms with Gasteiger partial charge in [0.05, 0.1) is 11.4 Å². The SMILES string of the molecule is CC1(C)CC(=Nc2ccc(C(=O)NC(C)(C)C)cc2)C2=C(C1)NC(C(=O)O)CS2. The lowest BCUT2D eigenvalue weighted by molar-refractivity contribution is -0.138. The lowest BCUT2D eigenvalue weighted by Gasteiger charge is -2.38. The van der Waals surface area contributed by atoms with Crippen molar-refractivity contribution in [2.24, 2.45) is 10.4 Å². The van der Waals surface area contributed by atoms with Crippen LogP contribution in [-0.4, -0.2) is 40.0 Å². The van der Waals surface area contributed by atoms with E-state index in [2.05, 4.69) is 24.5 Å². The van der Waals surface area contributed by atoms with E-state index < -0.39 is 12.0 Å². The summed E-state index contributed by atoms with van der Waals surface area (Å²) in [6, 6.07) is 6.72. The number of benzene rings is 1. The standard InChI is InChI=1S/C22H29N3O3S/c1-21(2,3)25-19(26)13-6-8-14(9-7-13)23-15-10-22(4,5)11-16-18(15)29-12-17(24-16)20(27)28/h6-9,17,24H,10-12H2,1-5H3,(H,25,26)(H,27,28). The topological polar surface area (TPSA) is 90.8 Å². The van der Waals surface area contributed by atoms with Gasteiger partial charge in [-0.25, -0.2) is 4.79 Å². The van der Waals surface area contributed by atoms with E-state index in [-0.39, 0.29) is 16.9 Å². The summed E-state index contributed by atoms with van der Waals surface area (Å²) in [6.45, 7) is 10.2. The number of hydrogen-bond donors (Lipinski definition) is 3. The minimum atomic E-state index is -0.824. The molecule has 0 fully saturated rings. The van der Waals surface area contributed by atoms with E-state index in [0.29, 0.717) is 11.3 Å². The zero-order chi connectivity index (χ0) is 21.4. The van der Waals surface area contributed by atoms with Crippen molar-refractivity contribution in [2.75, 3.05) is 5.75 Å². The van der Waals surface area contributed by atoms with Crippen LogP contribution in [0.1, 0.15) is 57.8 Å². The van der Waals surface area contributed by atoms with Crippen LogP contribution in [0.25, 0.3) is 0 Å². The van der Waals surface area contributed by atoms with Crippen molar-refractivity contribution in [1.29, 1.82) is 0 Å². The van der Waals surface area contributed by atoms with Gasteiger partial charge in [0.1, 0.15) is 6.04 Å². The molecule has 1 aliphatic heterocycles. The van der Waals surface area contributed by atoms with E-state index >= 15 is 0 Å². The van der Waals surface area contributed by atoms with Crippen LogP contribution in [0.15, 0.2) is 39.9 Å². The average Bonchev–Trinajstić information content (AvgIpc) is 2.59. The summed E-state index contributed by atoms with van der Waals surface area (Å²) in [4.78, 5) is 29.6. The van der Waals surface area contributed by atoms with Crippen LogP contribution in [0.2, 0.25) is 0 Å². The highest BCUT2D eigenvalue weighted by molar-refractivity contribution is 8.04. The van der Waals surface area contributed by atoms with Gasteiger partial charge in [-0.3, -0.25) is 9.79 Å². The normalized spacial score (nSPS) is 22.7. The zero-order valence-electron chi connectivity index (χ0n) is 17.6. The average molecular weight is 416 g/mol. The Hall–Kier alpha value is -2.28. The molecule has 0 aromatic heterocycles. The lowest BCUT2D eigenvalue weighted by atomic mass is 9.78. The zero-order valence-corrected chi connectivity index (χ0v) is 18.4. The quantitative estimate of drug-likeness (QED) is 0.691. The third kappa shape index (κ3) is 5.41. The number of carboxylic acids is 1. The molecule has 1 aromatic carbocycles. The van der Waals surface area contributed by atoms with Gasteiger partial charge in [-0.2, -0.15) is 0 Å². The number of amides is 1. The maximum Gasteiger partial charge on any atom is 0.326 e. The van der Waals surface area contributed by atoms with Gasteiger partial charge in [-0.05, 0) is 63.3 Å². The van der Waals surface area contributed by atoms with E-state index in [1.807, 2.05) is 32.9 Å². The summed E-state index contributed by atoms with van der Waals surface area (Å²) in [5.74, 6) is -0.443. The van der Waals surface area contributed by atoms with Gasteiger partial charge in [-0.15, -0.1) is 11.8 Å². The smallest absolute Gasteiger partial charge is 0.326 e. The monoisotopic (exact) mass is 415 g/mol. The van der Waals surface area contributed by atoms with Crippen LogP contribution in [0, 0.1) is 5.41 Å². The minimum Gasteiger partial charge on any atom is -0.480 e. The molecular weight excluding hydrogens is 386 g/mol. The number of carbonyl (C=O) groups is 2. The first-order chi connectivity index (χ1) is 13.4. The number of thioether (sulfide) groups is 1. The molecule has 1 heterocycles. The predicted octanol–water partition coefficient (Wildman–Crippen LogP) is 4.11. The number of carbonyl (C=O) groups excluding carboxylic acids is 1. The van der Waals surface area contributed by atoms with Crippen molar-refractivity contribution in [1.82, 2.24) is 10.6 Å². The molecule has 0 saturated carbocycles. The summed E-state index contributed by atoms with van der Waals surface area (Å²) < 4.78 is 0. The molecule has 3 N–H and O–H groups in total. The molecule has 1 amide bonds. The largest absolute Gasteiger partial charge is 0.480 e. The van der Waals surface area contributed by atoms with Crippen molar-refractivity contribution in [3.05, 3.63) is 40.4 Å². The van der Waals surface area contributed by atoms with Crippen molar-refractivity contribution < 1.29 is 14.7 Å². The van der Waals surface area contributed by atoms with Crippen molar-refractivity contribution in [3.8, 4) is 0 Å². The summed E-state index contributed by atoms with van der Waals surface area (Å²) in [7, 11) is 0. The van der Waals surface area contributed by atoms with E-state index in [4.69, 9.17) is 4.99 Å². The van der Waals surface area contributed by atoms with Gasteiger partial charge >= 0.3 is 5.97 Å². The maximum absolute atomic E-state index is 12.3. The van der Waals surface area contributed by atoms with Crippen LogP contribution < -0.4 is 10.6 Å². The number of allylic oxidation sites excluding steroid dienone is 2. The molecule has 29 heavy (non-hydrogen) atoms. The predicted molar refractivity (Wildman–Crippen MR) is 118 cm³/mol. The van der Waals surface area contributed by atoms with Crippen LogP contribution >= 0.6 is 11.8 Å². The van der Waals surface area contributed by atoms with Crippen LogP contribution in [0.5, 0.6) is 0 Å². The second kappa shape index (κ2) is 7.86. The van der Waals surface area contributed by atoms with Gasteiger partial charge in [0.15, 0.2) is 0 Å². The number of aliphatic imine (C=N–C) groups is 1. The van der Waals surface area contributed by atoms with Crippen LogP contribution in [-0.2, 0) is 4.79 Å². The number of nitrogens with one attached hydrogen (secondary N) is 2. The molecule has 0 saturated heterocycles. The van der Waals surface area contributed by atoms with Gasteiger partial charge in [0.25, 0.3) is 5.91 Å². The van der Waals surface area contributed by atoms with E-state index in [9.17, 15) is 14.7 Å². The third-order valence-electron chi connectivity index (χ3n) is 4.76. The second-order valence-corrected chi connectivity index (χ2v) is 10.5. The van der Waals surface area contributed by atoms with Crippen molar-refractivity contribution >= 4 is 35.0 Å². The molecular formula is C22H29N3O3S. The molecule has 2 aliphatic rings. The Kier molecular flexibility index (Phi) is 5.81. The van der Waals surface area contributed by atoms with E-state index in [1.54, 1.807) is 23.9 Å². The molecule has 156 valence electrons. The van der Waals surface area contributed by atoms with Crippen molar-refractivity contribution in [3.63, 3.8) is 0 Å². The summed E-state index contributed by atoms with van der Waals surface area (Å²) in [5, 5.41) is 15.5. The van der Waals surface area contributed by atoms with Gasteiger partial charge in [0, 0.05) is 27.5 Å². The fraction of sp³-hybridized carbons (Fsp3) is 0.500. The Balaban J connectivity index is 1.85. The molecule has 1 unspecified atom stereocenters. The molecule has 0 radical (unpaired) electrons.